The normalized spacial score (nSPS) is 12.4. The van der Waals surface area contributed by atoms with Crippen LogP contribution in [0, 0.1) is 0 Å². The lowest BCUT2D eigenvalue weighted by Gasteiger charge is -2.21. The summed E-state index contributed by atoms with van der Waals surface area (Å²) in [6.45, 7) is 11.6. The van der Waals surface area contributed by atoms with Crippen LogP contribution < -0.4 is 5.32 Å². The molecule has 0 radical (unpaired) electrons. The molecule has 0 heterocycles. The fraction of sp³-hybridized carbons (Fsp3) is 0.818. The summed E-state index contributed by atoms with van der Waals surface area (Å²) in [5.41, 5.74) is -0.274. The predicted molar refractivity (Wildman–Crippen MR) is 64.9 cm³/mol. The molecule has 0 rings (SSSR count). The van der Waals surface area contributed by atoms with Crippen LogP contribution >= 0.6 is 11.8 Å². The Hall–Kier alpha value is -0.510. The van der Waals surface area contributed by atoms with E-state index in [4.69, 9.17) is 0 Å². The lowest BCUT2D eigenvalue weighted by Crippen LogP contribution is -2.41. The highest BCUT2D eigenvalue weighted by Crippen LogP contribution is 2.24. The summed E-state index contributed by atoms with van der Waals surface area (Å²) in [6.07, 6.45) is -0.0425. The number of amides is 1. The van der Waals surface area contributed by atoms with Crippen LogP contribution in [0.15, 0.2) is 0 Å². The molecule has 0 saturated heterocycles. The van der Waals surface area contributed by atoms with E-state index >= 15 is 0 Å². The lowest BCUT2D eigenvalue weighted by atomic mass is 10.1. The summed E-state index contributed by atoms with van der Waals surface area (Å²) < 4.78 is -0.126. The van der Waals surface area contributed by atoms with E-state index in [9.17, 15) is 9.59 Å². The van der Waals surface area contributed by atoms with E-state index in [0.717, 1.165) is 0 Å². The maximum absolute atomic E-state index is 11.5. The van der Waals surface area contributed by atoms with Gasteiger partial charge in [-0.25, -0.2) is 0 Å². The van der Waals surface area contributed by atoms with Crippen molar-refractivity contribution in [3.63, 3.8) is 0 Å². The van der Waals surface area contributed by atoms with E-state index in [2.05, 4.69) is 5.32 Å². The summed E-state index contributed by atoms with van der Waals surface area (Å²) in [5, 5.41) is 2.68. The van der Waals surface area contributed by atoms with Crippen molar-refractivity contribution in [3.8, 4) is 0 Å². The number of carbonyl (C=O) groups is 2. The summed E-state index contributed by atoms with van der Waals surface area (Å²) in [4.78, 5) is 22.9. The zero-order valence-electron chi connectivity index (χ0n) is 10.4. The van der Waals surface area contributed by atoms with Crippen LogP contribution in [0.5, 0.6) is 0 Å². The van der Waals surface area contributed by atoms with Crippen molar-refractivity contribution in [2.45, 2.75) is 58.2 Å². The number of hydrogen-bond donors (Lipinski definition) is 1. The predicted octanol–water partition coefficient (Wildman–Crippen LogP) is 2.35. The fourth-order valence-corrected chi connectivity index (χ4v) is 1.86. The van der Waals surface area contributed by atoms with E-state index in [0.29, 0.717) is 0 Å². The van der Waals surface area contributed by atoms with Crippen LogP contribution in [0.4, 0.5) is 0 Å². The molecule has 0 aliphatic rings. The molecule has 0 aromatic heterocycles. The van der Waals surface area contributed by atoms with E-state index in [1.54, 1.807) is 0 Å². The largest absolute Gasteiger partial charge is 0.351 e. The van der Waals surface area contributed by atoms with Crippen LogP contribution in [0.3, 0.4) is 0 Å². The molecular formula is C11H21NO2S. The molecule has 15 heavy (non-hydrogen) atoms. The minimum atomic E-state index is -0.274. The molecule has 0 bridgehead atoms. The highest BCUT2D eigenvalue weighted by atomic mass is 32.2. The quantitative estimate of drug-likeness (QED) is 0.742. The van der Waals surface area contributed by atoms with Gasteiger partial charge >= 0.3 is 0 Å². The Bertz CT molecular complexity index is 222. The smallest absolute Gasteiger partial charge is 0.228 e. The molecule has 88 valence electrons. The van der Waals surface area contributed by atoms with Crippen molar-refractivity contribution in [1.82, 2.24) is 5.32 Å². The summed E-state index contributed by atoms with van der Waals surface area (Å²) in [5.74, 6) is -0.204. The van der Waals surface area contributed by atoms with Crippen LogP contribution in [-0.2, 0) is 9.59 Å². The Balaban J connectivity index is 4.04. The van der Waals surface area contributed by atoms with E-state index < -0.39 is 0 Å². The number of carbonyl (C=O) groups excluding carboxylic acids is 2. The molecule has 1 amide bonds. The molecule has 0 fully saturated rings. The molecule has 1 N–H and O–H groups in total. The lowest BCUT2D eigenvalue weighted by molar-refractivity contribution is -0.125. The summed E-state index contributed by atoms with van der Waals surface area (Å²) >= 11 is 1.21. The van der Waals surface area contributed by atoms with Gasteiger partial charge in [-0.1, -0.05) is 32.5 Å². The molecule has 0 saturated carbocycles. The number of hydrogen-bond acceptors (Lipinski definition) is 3. The molecule has 0 spiro atoms. The van der Waals surface area contributed by atoms with E-state index in [-0.39, 0.29) is 27.7 Å². The minimum Gasteiger partial charge on any atom is -0.351 e. The summed E-state index contributed by atoms with van der Waals surface area (Å²) in [7, 11) is 0. The minimum absolute atomic E-state index is 0.0425. The van der Waals surface area contributed by atoms with Gasteiger partial charge in [0, 0.05) is 10.3 Å². The number of nitrogens with one attached hydrogen (secondary N) is 1. The fourth-order valence-electron chi connectivity index (χ4n) is 0.971. The molecule has 0 aromatic rings. The van der Waals surface area contributed by atoms with Crippen molar-refractivity contribution < 1.29 is 9.59 Å². The van der Waals surface area contributed by atoms with E-state index in [1.807, 2.05) is 41.5 Å². The molecular weight excluding hydrogens is 210 g/mol. The second kappa shape index (κ2) is 5.01. The van der Waals surface area contributed by atoms with Crippen molar-refractivity contribution in [2.75, 3.05) is 0 Å². The Morgan fingerprint density at radius 3 is 1.87 bits per heavy atom. The van der Waals surface area contributed by atoms with Gasteiger partial charge < -0.3 is 5.32 Å². The standard InChI is InChI=1S/C11H21NO2S/c1-10(2,3)12-8(13)7-9(14)15-11(4,5)6/h7H2,1-6H3,(H,12,13). The van der Waals surface area contributed by atoms with Gasteiger partial charge in [-0.3, -0.25) is 9.59 Å². The zero-order chi connectivity index (χ0) is 12.3. The second-order valence-corrected chi connectivity index (χ2v) is 7.45. The Labute approximate surface area is 96.4 Å². The van der Waals surface area contributed by atoms with Gasteiger partial charge in [-0.05, 0) is 20.8 Å². The highest BCUT2D eigenvalue weighted by Gasteiger charge is 2.21. The SMILES string of the molecule is CC(C)(C)NC(=O)CC(=O)SC(C)(C)C. The topological polar surface area (TPSA) is 46.2 Å². The average Bonchev–Trinajstić information content (AvgIpc) is 1.73. The first-order valence-electron chi connectivity index (χ1n) is 5.02. The zero-order valence-corrected chi connectivity index (χ0v) is 11.2. The molecule has 0 unspecified atom stereocenters. The second-order valence-electron chi connectivity index (χ2n) is 5.56. The third-order valence-electron chi connectivity index (χ3n) is 1.24. The Morgan fingerprint density at radius 2 is 1.53 bits per heavy atom. The van der Waals surface area contributed by atoms with Crippen LogP contribution in [0.2, 0.25) is 0 Å². The first kappa shape index (κ1) is 14.5. The molecule has 0 aliphatic carbocycles. The third kappa shape index (κ3) is 9.79. The van der Waals surface area contributed by atoms with Gasteiger partial charge in [0.05, 0.1) is 6.42 Å². The monoisotopic (exact) mass is 231 g/mol. The van der Waals surface area contributed by atoms with Crippen LogP contribution in [-0.4, -0.2) is 21.3 Å². The van der Waals surface area contributed by atoms with Crippen LogP contribution in [0.1, 0.15) is 48.0 Å². The molecule has 4 heteroatoms. The Morgan fingerprint density at radius 1 is 1.07 bits per heavy atom. The number of rotatable bonds is 2. The number of thioether (sulfide) groups is 1. The maximum Gasteiger partial charge on any atom is 0.228 e. The van der Waals surface area contributed by atoms with Crippen molar-refractivity contribution in [1.29, 1.82) is 0 Å². The van der Waals surface area contributed by atoms with E-state index in [1.165, 1.54) is 11.8 Å². The van der Waals surface area contributed by atoms with Crippen molar-refractivity contribution in [3.05, 3.63) is 0 Å². The third-order valence-corrected chi connectivity index (χ3v) is 2.22. The molecule has 0 aliphatic heterocycles. The van der Waals surface area contributed by atoms with Gasteiger partial charge in [0.15, 0.2) is 5.12 Å². The summed E-state index contributed by atoms with van der Waals surface area (Å²) in [6, 6.07) is 0. The van der Waals surface area contributed by atoms with Crippen molar-refractivity contribution >= 4 is 22.8 Å². The first-order valence-corrected chi connectivity index (χ1v) is 5.84. The molecule has 0 atom stereocenters. The maximum atomic E-state index is 11.5. The van der Waals surface area contributed by atoms with Crippen molar-refractivity contribution in [2.24, 2.45) is 0 Å². The van der Waals surface area contributed by atoms with Gasteiger partial charge in [-0.2, -0.15) is 0 Å². The van der Waals surface area contributed by atoms with Gasteiger partial charge in [0.25, 0.3) is 0 Å². The van der Waals surface area contributed by atoms with Crippen LogP contribution in [0.25, 0.3) is 0 Å². The van der Waals surface area contributed by atoms with Gasteiger partial charge in [-0.15, -0.1) is 0 Å². The van der Waals surface area contributed by atoms with Gasteiger partial charge in [0.2, 0.25) is 5.91 Å². The molecule has 0 aromatic carbocycles. The first-order chi connectivity index (χ1) is 6.49. The highest BCUT2D eigenvalue weighted by molar-refractivity contribution is 8.14. The van der Waals surface area contributed by atoms with Gasteiger partial charge in [0.1, 0.15) is 0 Å². The molecule has 3 nitrogen and oxygen atoms in total. The Kier molecular flexibility index (Phi) is 4.84. The average molecular weight is 231 g/mol.